The summed E-state index contributed by atoms with van der Waals surface area (Å²) < 4.78 is 39.8. The van der Waals surface area contributed by atoms with Gasteiger partial charge < -0.3 is 5.32 Å². The number of thioether (sulfide) groups is 1. The molecule has 0 atom stereocenters. The maximum atomic E-state index is 13.6. The first-order chi connectivity index (χ1) is 11.0. The summed E-state index contributed by atoms with van der Waals surface area (Å²) in [4.78, 5) is 16.6. The van der Waals surface area contributed by atoms with E-state index in [9.17, 15) is 18.0 Å². The van der Waals surface area contributed by atoms with Crippen molar-refractivity contribution in [3.63, 3.8) is 0 Å². The summed E-state index contributed by atoms with van der Waals surface area (Å²) in [6, 6.07) is 7.68. The number of nitrogens with zero attached hydrogens (tertiary/aromatic N) is 1. The SMILES string of the molecule is O=C(CSc1ccc(F)cc1)Nc1nc2c(F)cc(F)cc2s1. The van der Waals surface area contributed by atoms with Crippen LogP contribution >= 0.6 is 23.1 Å². The van der Waals surface area contributed by atoms with E-state index in [0.717, 1.165) is 22.3 Å². The molecule has 1 N–H and O–H groups in total. The van der Waals surface area contributed by atoms with E-state index in [-0.39, 0.29) is 28.1 Å². The number of halogens is 3. The van der Waals surface area contributed by atoms with Crippen molar-refractivity contribution in [2.24, 2.45) is 0 Å². The van der Waals surface area contributed by atoms with Crippen LogP contribution in [0.1, 0.15) is 0 Å². The molecule has 3 rings (SSSR count). The lowest BCUT2D eigenvalue weighted by atomic mass is 10.3. The normalized spacial score (nSPS) is 10.9. The van der Waals surface area contributed by atoms with Gasteiger partial charge in [-0.05, 0) is 30.3 Å². The van der Waals surface area contributed by atoms with Crippen LogP contribution in [0.4, 0.5) is 18.3 Å². The fourth-order valence-corrected chi connectivity index (χ4v) is 3.47. The number of rotatable bonds is 4. The Labute approximate surface area is 137 Å². The first kappa shape index (κ1) is 15.8. The Hall–Kier alpha value is -2.06. The maximum absolute atomic E-state index is 13.6. The number of hydrogen-bond donors (Lipinski definition) is 1. The van der Waals surface area contributed by atoms with Crippen LogP contribution in [0, 0.1) is 17.5 Å². The molecule has 0 saturated heterocycles. The fourth-order valence-electron chi connectivity index (χ4n) is 1.85. The van der Waals surface area contributed by atoms with Crippen LogP contribution in [0.2, 0.25) is 0 Å². The van der Waals surface area contributed by atoms with E-state index >= 15 is 0 Å². The van der Waals surface area contributed by atoms with Gasteiger partial charge in [0.25, 0.3) is 0 Å². The number of carbonyl (C=O) groups is 1. The van der Waals surface area contributed by atoms with Gasteiger partial charge in [-0.1, -0.05) is 11.3 Å². The summed E-state index contributed by atoms with van der Waals surface area (Å²) in [5.74, 6) is -2.04. The number of aromatic nitrogens is 1. The van der Waals surface area contributed by atoms with Gasteiger partial charge in [0, 0.05) is 11.0 Å². The molecule has 3 aromatic rings. The van der Waals surface area contributed by atoms with Crippen LogP contribution in [0.3, 0.4) is 0 Å². The fraction of sp³-hybridized carbons (Fsp3) is 0.0667. The van der Waals surface area contributed by atoms with Crippen molar-refractivity contribution in [1.82, 2.24) is 4.98 Å². The molecule has 8 heteroatoms. The molecule has 0 unspecified atom stereocenters. The van der Waals surface area contributed by atoms with Gasteiger partial charge in [0.05, 0.1) is 10.5 Å². The molecule has 0 fully saturated rings. The Balaban J connectivity index is 1.65. The molecule has 1 heterocycles. The minimum atomic E-state index is -0.766. The third-order valence-corrected chi connectivity index (χ3v) is 4.77. The Morgan fingerprint density at radius 3 is 2.61 bits per heavy atom. The van der Waals surface area contributed by atoms with Crippen LogP contribution in [-0.4, -0.2) is 16.6 Å². The van der Waals surface area contributed by atoms with Gasteiger partial charge in [-0.25, -0.2) is 18.2 Å². The molecule has 118 valence electrons. The second-order valence-corrected chi connectivity index (χ2v) is 6.62. The number of nitrogens with one attached hydrogen (secondary N) is 1. The standard InChI is InChI=1S/C15H9F3N2OS2/c16-8-1-3-10(4-2-8)22-7-13(21)19-15-20-14-11(18)5-9(17)6-12(14)23-15/h1-6H,7H2,(H,19,20,21). The van der Waals surface area contributed by atoms with Gasteiger partial charge >= 0.3 is 0 Å². The number of hydrogen-bond acceptors (Lipinski definition) is 4. The van der Waals surface area contributed by atoms with Gasteiger partial charge in [0.1, 0.15) is 17.2 Å². The van der Waals surface area contributed by atoms with Crippen LogP contribution in [-0.2, 0) is 4.79 Å². The van der Waals surface area contributed by atoms with Crippen LogP contribution in [0.5, 0.6) is 0 Å². The molecule has 0 aliphatic rings. The Kier molecular flexibility index (Phi) is 4.53. The minimum Gasteiger partial charge on any atom is -0.301 e. The highest BCUT2D eigenvalue weighted by atomic mass is 32.2. The predicted molar refractivity (Wildman–Crippen MR) is 85.3 cm³/mol. The number of anilines is 1. The number of fused-ring (bicyclic) bond motifs is 1. The Bertz CT molecular complexity index is 865. The second kappa shape index (κ2) is 6.59. The number of carbonyl (C=O) groups excluding carboxylic acids is 1. The molecule has 0 saturated carbocycles. The van der Waals surface area contributed by atoms with Gasteiger partial charge in [-0.2, -0.15) is 0 Å². The van der Waals surface area contributed by atoms with Crippen molar-refractivity contribution in [2.45, 2.75) is 4.90 Å². The third kappa shape index (κ3) is 3.83. The quantitative estimate of drug-likeness (QED) is 0.704. The van der Waals surface area contributed by atoms with Crippen molar-refractivity contribution >= 4 is 44.4 Å². The minimum absolute atomic E-state index is 0.0258. The first-order valence-corrected chi connectivity index (χ1v) is 8.25. The zero-order valence-electron chi connectivity index (χ0n) is 11.5. The third-order valence-electron chi connectivity index (χ3n) is 2.84. The molecule has 0 spiro atoms. The summed E-state index contributed by atoms with van der Waals surface area (Å²) >= 11 is 2.23. The first-order valence-electron chi connectivity index (χ1n) is 6.45. The molecule has 0 aliphatic carbocycles. The number of amides is 1. The maximum Gasteiger partial charge on any atom is 0.236 e. The van der Waals surface area contributed by atoms with Gasteiger partial charge in [0.15, 0.2) is 10.9 Å². The van der Waals surface area contributed by atoms with E-state index in [1.54, 1.807) is 12.1 Å². The molecular weight excluding hydrogens is 345 g/mol. The average Bonchev–Trinajstić information content (AvgIpc) is 2.89. The Morgan fingerprint density at radius 1 is 1.13 bits per heavy atom. The topological polar surface area (TPSA) is 42.0 Å². The summed E-state index contributed by atoms with van der Waals surface area (Å²) in [6.07, 6.45) is 0. The molecule has 3 nitrogen and oxygen atoms in total. The zero-order valence-corrected chi connectivity index (χ0v) is 13.1. The van der Waals surface area contributed by atoms with E-state index in [4.69, 9.17) is 0 Å². The Morgan fingerprint density at radius 2 is 1.87 bits per heavy atom. The summed E-state index contributed by atoms with van der Waals surface area (Å²) in [5.41, 5.74) is 0.0258. The van der Waals surface area contributed by atoms with Gasteiger partial charge in [-0.3, -0.25) is 4.79 Å². The van der Waals surface area contributed by atoms with Crippen molar-refractivity contribution in [3.8, 4) is 0 Å². The summed E-state index contributed by atoms with van der Waals surface area (Å²) in [7, 11) is 0. The molecule has 23 heavy (non-hydrogen) atoms. The van der Waals surface area contributed by atoms with E-state index in [1.165, 1.54) is 30.0 Å². The number of thiazole rings is 1. The molecule has 1 amide bonds. The van der Waals surface area contributed by atoms with Crippen LogP contribution < -0.4 is 5.32 Å². The molecule has 0 bridgehead atoms. The smallest absolute Gasteiger partial charge is 0.236 e. The molecule has 0 aliphatic heterocycles. The van der Waals surface area contributed by atoms with E-state index in [2.05, 4.69) is 10.3 Å². The number of benzene rings is 2. The van der Waals surface area contributed by atoms with E-state index in [1.807, 2.05) is 0 Å². The van der Waals surface area contributed by atoms with Crippen LogP contribution in [0.15, 0.2) is 41.3 Å². The lowest BCUT2D eigenvalue weighted by Crippen LogP contribution is -2.13. The molecule has 1 aromatic heterocycles. The van der Waals surface area contributed by atoms with Crippen molar-refractivity contribution in [2.75, 3.05) is 11.1 Å². The molecule has 2 aromatic carbocycles. The van der Waals surface area contributed by atoms with E-state index in [0.29, 0.717) is 4.70 Å². The highest BCUT2D eigenvalue weighted by Gasteiger charge is 2.12. The van der Waals surface area contributed by atoms with Gasteiger partial charge in [0.2, 0.25) is 5.91 Å². The molecule has 0 radical (unpaired) electrons. The zero-order chi connectivity index (χ0) is 16.4. The average molecular weight is 354 g/mol. The van der Waals surface area contributed by atoms with Crippen molar-refractivity contribution in [1.29, 1.82) is 0 Å². The highest BCUT2D eigenvalue weighted by Crippen LogP contribution is 2.29. The largest absolute Gasteiger partial charge is 0.301 e. The monoisotopic (exact) mass is 354 g/mol. The van der Waals surface area contributed by atoms with Crippen LogP contribution in [0.25, 0.3) is 10.2 Å². The lowest BCUT2D eigenvalue weighted by molar-refractivity contribution is -0.113. The molecular formula is C15H9F3N2OS2. The summed E-state index contributed by atoms with van der Waals surface area (Å²) in [5, 5.41) is 2.75. The summed E-state index contributed by atoms with van der Waals surface area (Å²) in [6.45, 7) is 0. The highest BCUT2D eigenvalue weighted by molar-refractivity contribution is 8.00. The second-order valence-electron chi connectivity index (χ2n) is 4.54. The van der Waals surface area contributed by atoms with Gasteiger partial charge in [-0.15, -0.1) is 11.8 Å². The lowest BCUT2D eigenvalue weighted by Gasteiger charge is -2.02. The van der Waals surface area contributed by atoms with Crippen molar-refractivity contribution < 1.29 is 18.0 Å². The van der Waals surface area contributed by atoms with Crippen molar-refractivity contribution in [3.05, 3.63) is 53.8 Å². The van der Waals surface area contributed by atoms with E-state index < -0.39 is 11.6 Å². The predicted octanol–water partition coefficient (Wildman–Crippen LogP) is 4.44.